The van der Waals surface area contributed by atoms with E-state index in [1.165, 1.54) is 0 Å². The molecule has 1 atom stereocenters. The summed E-state index contributed by atoms with van der Waals surface area (Å²) in [6.45, 7) is 0.992. The van der Waals surface area contributed by atoms with Crippen LogP contribution in [0.15, 0.2) is 30.3 Å². The molecule has 0 aliphatic carbocycles. The molecule has 13 heteroatoms. The van der Waals surface area contributed by atoms with Crippen LogP contribution in [0.4, 0.5) is 5.95 Å². The molecule has 0 bridgehead atoms. The predicted octanol–water partition coefficient (Wildman–Crippen LogP) is -0.585. The molecular weight excluding hydrogens is 428 g/mol. The molecule has 2 rings (SSSR count). The lowest BCUT2D eigenvalue weighted by molar-refractivity contribution is -0.129. The summed E-state index contributed by atoms with van der Waals surface area (Å²) in [5.74, 6) is -0.856. The van der Waals surface area contributed by atoms with Gasteiger partial charge in [-0.15, -0.1) is 0 Å². The third-order valence-corrected chi connectivity index (χ3v) is 4.56. The van der Waals surface area contributed by atoms with Crippen LogP contribution in [0.25, 0.3) is 0 Å². The molecule has 0 saturated heterocycles. The maximum Gasteiger partial charge on any atom is 0.246 e. The number of carbonyl (C=O) groups excluding carboxylic acids is 3. The predicted molar refractivity (Wildman–Crippen MR) is 121 cm³/mol. The van der Waals surface area contributed by atoms with E-state index in [9.17, 15) is 14.4 Å². The number of nitrogens with two attached hydrogens (primary N) is 1. The van der Waals surface area contributed by atoms with Crippen LogP contribution >= 0.6 is 0 Å². The van der Waals surface area contributed by atoms with Crippen molar-refractivity contribution in [3.8, 4) is 0 Å². The summed E-state index contributed by atoms with van der Waals surface area (Å²) in [5, 5.41) is 30.6. The number of rotatable bonds is 14. The molecule has 0 aliphatic heterocycles. The number of amides is 3. The summed E-state index contributed by atoms with van der Waals surface area (Å²) in [4.78, 5) is 37.0. The second-order valence-electron chi connectivity index (χ2n) is 7.30. The monoisotopic (exact) mass is 458 g/mol. The maximum atomic E-state index is 12.7. The number of H-pyrrole nitrogens is 1. The standard InChI is InChI=1S/C20H30N10O3/c21-19(22)24-12-5-4-11-23-18(33)15(13-14-7-2-1-3-8-14)25-16(31)9-6-10-17(32)26-20-27-29-30-28-20/h1-3,7-8,15H,4-6,9-13H2,(H,23,33)(H,25,31)(H4,21,22,24)(H2,26,27,28,29,30,32)/t15-/m0/s1. The molecule has 1 aromatic carbocycles. The molecule has 2 aromatic rings. The van der Waals surface area contributed by atoms with Crippen LogP contribution in [0, 0.1) is 5.41 Å². The number of aromatic amines is 1. The van der Waals surface area contributed by atoms with Gasteiger partial charge < -0.3 is 21.7 Å². The Morgan fingerprint density at radius 1 is 1.00 bits per heavy atom. The first-order valence-electron chi connectivity index (χ1n) is 10.7. The van der Waals surface area contributed by atoms with Crippen molar-refractivity contribution in [3.05, 3.63) is 35.9 Å². The minimum Gasteiger partial charge on any atom is -0.370 e. The molecule has 0 saturated carbocycles. The zero-order chi connectivity index (χ0) is 23.9. The van der Waals surface area contributed by atoms with E-state index in [0.717, 1.165) is 12.0 Å². The molecule has 13 nitrogen and oxygen atoms in total. The molecule has 0 fully saturated rings. The van der Waals surface area contributed by atoms with Gasteiger partial charge >= 0.3 is 0 Å². The quantitative estimate of drug-likeness (QED) is 0.110. The van der Waals surface area contributed by atoms with E-state index >= 15 is 0 Å². The van der Waals surface area contributed by atoms with Gasteiger partial charge in [0.05, 0.1) is 0 Å². The van der Waals surface area contributed by atoms with E-state index in [-0.39, 0.29) is 42.5 Å². The maximum absolute atomic E-state index is 12.7. The van der Waals surface area contributed by atoms with Crippen LogP contribution in [0.5, 0.6) is 0 Å². The lowest BCUT2D eigenvalue weighted by Crippen LogP contribution is -2.48. The van der Waals surface area contributed by atoms with Gasteiger partial charge in [0.25, 0.3) is 0 Å². The van der Waals surface area contributed by atoms with Gasteiger partial charge in [0.1, 0.15) is 6.04 Å². The Morgan fingerprint density at radius 2 is 1.70 bits per heavy atom. The number of anilines is 1. The number of unbranched alkanes of at least 4 members (excludes halogenated alkanes) is 1. The highest BCUT2D eigenvalue weighted by molar-refractivity contribution is 5.90. The fraction of sp³-hybridized carbons (Fsp3) is 0.450. The number of carbonyl (C=O) groups is 3. The Kier molecular flexibility index (Phi) is 10.8. The molecule has 1 aromatic heterocycles. The fourth-order valence-corrected chi connectivity index (χ4v) is 2.95. The number of guanidine groups is 1. The molecule has 8 N–H and O–H groups in total. The number of benzene rings is 1. The number of hydrogen-bond acceptors (Lipinski definition) is 7. The number of tetrazole rings is 1. The average Bonchev–Trinajstić information content (AvgIpc) is 3.29. The molecule has 178 valence electrons. The van der Waals surface area contributed by atoms with Crippen molar-refractivity contribution in [1.29, 1.82) is 5.41 Å². The van der Waals surface area contributed by atoms with Gasteiger partial charge in [0.15, 0.2) is 5.96 Å². The second-order valence-corrected chi connectivity index (χ2v) is 7.30. The highest BCUT2D eigenvalue weighted by atomic mass is 16.2. The summed E-state index contributed by atoms with van der Waals surface area (Å²) >= 11 is 0. The molecule has 3 amide bonds. The molecule has 0 spiro atoms. The van der Waals surface area contributed by atoms with Gasteiger partial charge in [0, 0.05) is 32.4 Å². The van der Waals surface area contributed by atoms with E-state index in [1.807, 2.05) is 30.3 Å². The molecule has 0 radical (unpaired) electrons. The largest absolute Gasteiger partial charge is 0.370 e. The van der Waals surface area contributed by atoms with Gasteiger partial charge in [0.2, 0.25) is 23.7 Å². The zero-order valence-electron chi connectivity index (χ0n) is 18.3. The van der Waals surface area contributed by atoms with Crippen molar-refractivity contribution in [2.45, 2.75) is 44.6 Å². The van der Waals surface area contributed by atoms with Crippen molar-refractivity contribution in [2.75, 3.05) is 18.4 Å². The lowest BCUT2D eigenvalue weighted by atomic mass is 10.0. The van der Waals surface area contributed by atoms with Crippen LogP contribution in [0.2, 0.25) is 0 Å². The van der Waals surface area contributed by atoms with Gasteiger partial charge in [-0.3, -0.25) is 25.1 Å². The number of nitrogens with zero attached hydrogens (tertiary/aromatic N) is 3. The van der Waals surface area contributed by atoms with Crippen molar-refractivity contribution >= 4 is 29.6 Å². The van der Waals surface area contributed by atoms with Gasteiger partial charge in [-0.1, -0.05) is 35.4 Å². The zero-order valence-corrected chi connectivity index (χ0v) is 18.3. The van der Waals surface area contributed by atoms with E-state index in [2.05, 4.69) is 41.9 Å². The summed E-state index contributed by atoms with van der Waals surface area (Å²) in [6.07, 6.45) is 2.30. The summed E-state index contributed by atoms with van der Waals surface area (Å²) in [5.41, 5.74) is 6.15. The van der Waals surface area contributed by atoms with Crippen molar-refractivity contribution in [3.63, 3.8) is 0 Å². The van der Waals surface area contributed by atoms with Crippen molar-refractivity contribution in [2.24, 2.45) is 5.73 Å². The number of aromatic nitrogens is 4. The third kappa shape index (κ3) is 10.7. The summed E-state index contributed by atoms with van der Waals surface area (Å²) in [7, 11) is 0. The molecular formula is C20H30N10O3. The smallest absolute Gasteiger partial charge is 0.246 e. The van der Waals surface area contributed by atoms with E-state index in [4.69, 9.17) is 11.1 Å². The van der Waals surface area contributed by atoms with E-state index < -0.39 is 6.04 Å². The lowest BCUT2D eigenvalue weighted by Gasteiger charge is -2.19. The Balaban J connectivity index is 1.78. The van der Waals surface area contributed by atoms with E-state index in [0.29, 0.717) is 32.4 Å². The Hall–Kier alpha value is -4.03. The minimum atomic E-state index is -0.732. The van der Waals surface area contributed by atoms with Gasteiger partial charge in [-0.25, -0.2) is 5.10 Å². The first-order chi connectivity index (χ1) is 15.9. The van der Waals surface area contributed by atoms with Crippen LogP contribution in [-0.2, 0) is 20.8 Å². The SMILES string of the molecule is N=C(N)NCCCCNC(=O)[C@H](Cc1ccccc1)NC(=O)CCCC(=O)Nc1nnn[nH]1. The first-order valence-corrected chi connectivity index (χ1v) is 10.7. The third-order valence-electron chi connectivity index (χ3n) is 4.56. The van der Waals surface area contributed by atoms with Crippen molar-refractivity contribution < 1.29 is 14.4 Å². The normalized spacial score (nSPS) is 11.3. The number of nitrogens with one attached hydrogen (secondary N) is 6. The second kappa shape index (κ2) is 14.1. The molecule has 0 unspecified atom stereocenters. The molecule has 33 heavy (non-hydrogen) atoms. The topological polar surface area (TPSA) is 204 Å². The van der Waals surface area contributed by atoms with Crippen LogP contribution in [0.3, 0.4) is 0 Å². The molecule has 1 heterocycles. The number of hydrogen-bond donors (Lipinski definition) is 7. The Morgan fingerprint density at radius 3 is 2.36 bits per heavy atom. The Labute approximate surface area is 191 Å². The van der Waals surface area contributed by atoms with Crippen LogP contribution in [-0.4, -0.2) is 63.4 Å². The summed E-state index contributed by atoms with van der Waals surface area (Å²) in [6, 6.07) is 8.68. The van der Waals surface area contributed by atoms with Crippen LogP contribution < -0.4 is 27.0 Å². The summed E-state index contributed by atoms with van der Waals surface area (Å²) < 4.78 is 0. The average molecular weight is 459 g/mol. The fourth-order valence-electron chi connectivity index (χ4n) is 2.95. The van der Waals surface area contributed by atoms with Crippen molar-refractivity contribution in [1.82, 2.24) is 36.6 Å². The minimum absolute atomic E-state index is 0.0860. The molecule has 0 aliphatic rings. The van der Waals surface area contributed by atoms with Gasteiger partial charge in [-0.2, -0.15) is 0 Å². The van der Waals surface area contributed by atoms with Crippen LogP contribution in [0.1, 0.15) is 37.7 Å². The van der Waals surface area contributed by atoms with Gasteiger partial charge in [-0.05, 0) is 35.3 Å². The Bertz CT molecular complexity index is 889. The van der Waals surface area contributed by atoms with E-state index in [1.54, 1.807) is 0 Å². The highest BCUT2D eigenvalue weighted by Gasteiger charge is 2.21. The highest BCUT2D eigenvalue weighted by Crippen LogP contribution is 2.05. The first kappa shape index (κ1) is 25.2.